The van der Waals surface area contributed by atoms with E-state index in [4.69, 9.17) is 27.9 Å². The Morgan fingerprint density at radius 3 is 2.27 bits per heavy atom. The van der Waals surface area contributed by atoms with Crippen molar-refractivity contribution in [3.8, 4) is 5.75 Å². The average molecular weight is 571 g/mol. The van der Waals surface area contributed by atoms with Crippen LogP contribution in [0.3, 0.4) is 0 Å². The largest absolute Gasteiger partial charge is 0.497 e. The Morgan fingerprint density at radius 2 is 1.73 bits per heavy atom. The molecule has 37 heavy (non-hydrogen) atoms. The maximum Gasteiger partial charge on any atom is 0.244 e. The molecule has 11 heteroatoms. The van der Waals surface area contributed by atoms with E-state index in [1.807, 2.05) is 19.1 Å². The van der Waals surface area contributed by atoms with Gasteiger partial charge in [-0.25, -0.2) is 8.42 Å². The molecule has 1 atom stereocenters. The molecule has 0 aromatic heterocycles. The van der Waals surface area contributed by atoms with E-state index in [0.29, 0.717) is 12.2 Å². The van der Waals surface area contributed by atoms with Crippen molar-refractivity contribution in [1.29, 1.82) is 0 Å². The number of carbonyl (C=O) groups is 2. The van der Waals surface area contributed by atoms with Gasteiger partial charge in [-0.15, -0.1) is 0 Å². The summed E-state index contributed by atoms with van der Waals surface area (Å²) in [6.45, 7) is 1.46. The lowest BCUT2D eigenvalue weighted by Crippen LogP contribution is -2.53. The van der Waals surface area contributed by atoms with Crippen LogP contribution in [-0.2, 0) is 26.2 Å². The lowest BCUT2D eigenvalue weighted by Gasteiger charge is -2.33. The monoisotopic (exact) mass is 569 g/mol. The van der Waals surface area contributed by atoms with Crippen LogP contribution in [-0.4, -0.2) is 57.1 Å². The molecule has 1 aliphatic carbocycles. The summed E-state index contributed by atoms with van der Waals surface area (Å²) < 4.78 is 31.6. The molecule has 0 saturated heterocycles. The number of nitrogens with zero attached hydrogens (tertiary/aromatic N) is 2. The number of benzene rings is 2. The first-order chi connectivity index (χ1) is 17.5. The lowest BCUT2D eigenvalue weighted by molar-refractivity contribution is -0.140. The summed E-state index contributed by atoms with van der Waals surface area (Å²) in [4.78, 5) is 28.5. The first-order valence-electron chi connectivity index (χ1n) is 12.2. The van der Waals surface area contributed by atoms with Gasteiger partial charge in [-0.3, -0.25) is 13.9 Å². The highest BCUT2D eigenvalue weighted by atomic mass is 35.5. The van der Waals surface area contributed by atoms with Crippen LogP contribution in [0.15, 0.2) is 42.5 Å². The summed E-state index contributed by atoms with van der Waals surface area (Å²) in [5.41, 5.74) is 0.986. The maximum absolute atomic E-state index is 13.8. The van der Waals surface area contributed by atoms with Crippen molar-refractivity contribution < 1.29 is 22.7 Å². The fraction of sp³-hybridized carbons (Fsp3) is 0.462. The minimum atomic E-state index is -3.86. The zero-order valence-electron chi connectivity index (χ0n) is 21.2. The van der Waals surface area contributed by atoms with Gasteiger partial charge in [-0.2, -0.15) is 0 Å². The third-order valence-corrected chi connectivity index (χ3v) is 8.35. The first-order valence-corrected chi connectivity index (χ1v) is 14.8. The molecule has 0 aliphatic heterocycles. The maximum atomic E-state index is 13.8. The molecule has 1 N–H and O–H groups in total. The standard InChI is InChI=1S/C26H33Cl2N3O5S/c1-4-24(26(33)29-19-7-5-6-8-19)30(16-18-9-12-21(36-2)13-10-18)25(32)17-31(37(3,34)35)20-11-14-22(27)23(28)15-20/h9-15,19,24H,4-8,16-17H2,1-3H3,(H,29,33). The number of nitrogens with one attached hydrogen (secondary N) is 1. The highest BCUT2D eigenvalue weighted by molar-refractivity contribution is 7.92. The topological polar surface area (TPSA) is 96.0 Å². The number of sulfonamides is 1. The van der Waals surface area contributed by atoms with Crippen LogP contribution >= 0.6 is 23.2 Å². The van der Waals surface area contributed by atoms with Gasteiger partial charge < -0.3 is 15.0 Å². The van der Waals surface area contributed by atoms with Crippen LogP contribution in [0.2, 0.25) is 10.0 Å². The molecule has 1 fully saturated rings. The molecule has 1 aliphatic rings. The fourth-order valence-electron chi connectivity index (χ4n) is 4.47. The molecular weight excluding hydrogens is 537 g/mol. The summed E-state index contributed by atoms with van der Waals surface area (Å²) in [7, 11) is -2.30. The normalized spacial score (nSPS) is 14.7. The lowest BCUT2D eigenvalue weighted by atomic mass is 10.1. The van der Waals surface area contributed by atoms with Gasteiger partial charge in [-0.1, -0.05) is 55.1 Å². The zero-order chi connectivity index (χ0) is 27.2. The molecule has 2 aromatic rings. The van der Waals surface area contributed by atoms with Crippen LogP contribution in [0.4, 0.5) is 5.69 Å². The number of hydrogen-bond donors (Lipinski definition) is 1. The van der Waals surface area contributed by atoms with E-state index in [1.54, 1.807) is 19.2 Å². The number of hydrogen-bond acceptors (Lipinski definition) is 5. The van der Waals surface area contributed by atoms with Crippen LogP contribution in [0.1, 0.15) is 44.6 Å². The van der Waals surface area contributed by atoms with E-state index in [-0.39, 0.29) is 34.2 Å². The van der Waals surface area contributed by atoms with Gasteiger partial charge in [0.25, 0.3) is 0 Å². The molecule has 2 aromatic carbocycles. The Morgan fingerprint density at radius 1 is 1.08 bits per heavy atom. The third-order valence-electron chi connectivity index (χ3n) is 6.47. The van der Waals surface area contributed by atoms with E-state index < -0.39 is 28.5 Å². The molecule has 2 amide bonds. The van der Waals surface area contributed by atoms with Gasteiger partial charge in [0.2, 0.25) is 21.8 Å². The molecule has 0 spiro atoms. The Kier molecular flexibility index (Phi) is 10.1. The van der Waals surface area contributed by atoms with Crippen molar-refractivity contribution in [3.05, 3.63) is 58.1 Å². The van der Waals surface area contributed by atoms with E-state index in [9.17, 15) is 18.0 Å². The Balaban J connectivity index is 1.93. The Labute approximate surface area is 228 Å². The number of methoxy groups -OCH3 is 1. The van der Waals surface area contributed by atoms with Gasteiger partial charge in [0.05, 0.1) is 29.1 Å². The SMILES string of the molecule is CCC(C(=O)NC1CCCC1)N(Cc1ccc(OC)cc1)C(=O)CN(c1ccc(Cl)c(Cl)c1)S(C)(=O)=O. The smallest absolute Gasteiger partial charge is 0.244 e. The van der Waals surface area contributed by atoms with Gasteiger partial charge >= 0.3 is 0 Å². The number of amides is 2. The van der Waals surface area contributed by atoms with Crippen molar-refractivity contribution in [2.45, 2.75) is 57.7 Å². The minimum absolute atomic E-state index is 0.0863. The quantitative estimate of drug-likeness (QED) is 0.425. The molecule has 0 bridgehead atoms. The van der Waals surface area contributed by atoms with Crippen molar-refractivity contribution in [2.24, 2.45) is 0 Å². The summed E-state index contributed by atoms with van der Waals surface area (Å²) in [5, 5.41) is 3.51. The van der Waals surface area contributed by atoms with E-state index in [1.165, 1.54) is 23.1 Å². The van der Waals surface area contributed by atoms with Gasteiger partial charge in [-0.05, 0) is 55.2 Å². The van der Waals surface area contributed by atoms with E-state index >= 15 is 0 Å². The minimum Gasteiger partial charge on any atom is -0.497 e. The summed E-state index contributed by atoms with van der Waals surface area (Å²) >= 11 is 12.1. The molecule has 0 heterocycles. The summed E-state index contributed by atoms with van der Waals surface area (Å²) in [6, 6.07) is 10.8. The fourth-order valence-corrected chi connectivity index (χ4v) is 5.60. The molecule has 1 unspecified atom stereocenters. The van der Waals surface area contributed by atoms with Crippen molar-refractivity contribution in [2.75, 3.05) is 24.2 Å². The van der Waals surface area contributed by atoms with Gasteiger partial charge in [0.15, 0.2) is 0 Å². The van der Waals surface area contributed by atoms with Gasteiger partial charge in [0, 0.05) is 12.6 Å². The van der Waals surface area contributed by atoms with E-state index in [2.05, 4.69) is 5.32 Å². The number of carbonyl (C=O) groups excluding carboxylic acids is 2. The predicted molar refractivity (Wildman–Crippen MR) is 147 cm³/mol. The van der Waals surface area contributed by atoms with Crippen LogP contribution in [0.25, 0.3) is 0 Å². The van der Waals surface area contributed by atoms with E-state index in [0.717, 1.165) is 41.8 Å². The molecule has 202 valence electrons. The highest BCUT2D eigenvalue weighted by Crippen LogP contribution is 2.29. The van der Waals surface area contributed by atoms with Crippen LogP contribution in [0.5, 0.6) is 5.75 Å². The number of halogens is 2. The molecule has 8 nitrogen and oxygen atoms in total. The van der Waals surface area contributed by atoms with Crippen molar-refractivity contribution in [3.63, 3.8) is 0 Å². The average Bonchev–Trinajstić information content (AvgIpc) is 3.36. The Hall–Kier alpha value is -2.49. The predicted octanol–water partition coefficient (Wildman–Crippen LogP) is 4.63. The zero-order valence-corrected chi connectivity index (χ0v) is 23.6. The first kappa shape index (κ1) is 29.1. The van der Waals surface area contributed by atoms with Crippen molar-refractivity contribution >= 4 is 50.7 Å². The molecule has 1 saturated carbocycles. The second-order valence-corrected chi connectivity index (χ2v) is 11.9. The highest BCUT2D eigenvalue weighted by Gasteiger charge is 2.33. The molecular formula is C26H33Cl2N3O5S. The van der Waals surface area contributed by atoms with Crippen LogP contribution < -0.4 is 14.4 Å². The van der Waals surface area contributed by atoms with Gasteiger partial charge in [0.1, 0.15) is 18.3 Å². The second kappa shape index (κ2) is 12.8. The third kappa shape index (κ3) is 7.75. The van der Waals surface area contributed by atoms with Crippen LogP contribution in [0, 0.1) is 0 Å². The summed E-state index contributed by atoms with van der Waals surface area (Å²) in [5.74, 6) is -0.0899. The molecule has 0 radical (unpaired) electrons. The van der Waals surface area contributed by atoms with Crippen molar-refractivity contribution in [1.82, 2.24) is 10.2 Å². The molecule has 3 rings (SSSR count). The second-order valence-electron chi connectivity index (χ2n) is 9.15. The summed E-state index contributed by atoms with van der Waals surface area (Å²) in [6.07, 6.45) is 5.32. The number of rotatable bonds is 11. The Bertz CT molecular complexity index is 1200. The number of ether oxygens (including phenoxy) is 1. The number of anilines is 1.